The second kappa shape index (κ2) is 9.76. The lowest BCUT2D eigenvalue weighted by Crippen LogP contribution is -2.17. The maximum atomic E-state index is 14.0. The molecular weight excluding hydrogens is 424 g/mol. The SMILES string of the molecule is COc1ccc(-c2nnc(SCC(O)c3ccc(F)cc3F)n2CC2CCCO2)cc1. The Morgan fingerprint density at radius 3 is 2.71 bits per heavy atom. The van der Waals surface area contributed by atoms with Crippen LogP contribution in [0.25, 0.3) is 11.4 Å². The summed E-state index contributed by atoms with van der Waals surface area (Å²) in [5.74, 6) is 0.125. The van der Waals surface area contributed by atoms with Crippen molar-refractivity contribution >= 4 is 11.8 Å². The molecule has 1 saturated heterocycles. The van der Waals surface area contributed by atoms with Crippen LogP contribution in [0.15, 0.2) is 47.6 Å². The number of hydrogen-bond donors (Lipinski definition) is 1. The average Bonchev–Trinajstić information content (AvgIpc) is 3.42. The monoisotopic (exact) mass is 447 g/mol. The normalized spacial score (nSPS) is 17.1. The van der Waals surface area contributed by atoms with Gasteiger partial charge in [-0.1, -0.05) is 17.8 Å². The number of aliphatic hydroxyl groups excluding tert-OH is 1. The Hall–Kier alpha value is -2.49. The number of benzene rings is 2. The Kier molecular flexibility index (Phi) is 6.84. The van der Waals surface area contributed by atoms with Crippen molar-refractivity contribution in [3.8, 4) is 17.1 Å². The van der Waals surface area contributed by atoms with E-state index in [-0.39, 0.29) is 17.4 Å². The van der Waals surface area contributed by atoms with E-state index >= 15 is 0 Å². The Morgan fingerprint density at radius 2 is 2.03 bits per heavy atom. The molecule has 0 spiro atoms. The second-order valence-electron chi connectivity index (χ2n) is 7.27. The largest absolute Gasteiger partial charge is 0.497 e. The third-order valence-electron chi connectivity index (χ3n) is 5.17. The Bertz CT molecular complexity index is 1020. The number of methoxy groups -OCH3 is 1. The predicted octanol–water partition coefficient (Wildman–Crippen LogP) is 4.24. The molecule has 1 aromatic heterocycles. The van der Waals surface area contributed by atoms with Crippen molar-refractivity contribution in [3.63, 3.8) is 0 Å². The Labute approximate surface area is 183 Å². The summed E-state index contributed by atoms with van der Waals surface area (Å²) in [6.07, 6.45) is 0.915. The van der Waals surface area contributed by atoms with E-state index in [0.29, 0.717) is 17.5 Å². The first-order valence-electron chi connectivity index (χ1n) is 10.00. The third-order valence-corrected chi connectivity index (χ3v) is 6.21. The number of nitrogens with zero attached hydrogens (tertiary/aromatic N) is 3. The van der Waals surface area contributed by atoms with Crippen molar-refractivity contribution < 1.29 is 23.4 Å². The highest BCUT2D eigenvalue weighted by atomic mass is 32.2. The van der Waals surface area contributed by atoms with Crippen LogP contribution in [0.4, 0.5) is 8.78 Å². The quantitative estimate of drug-likeness (QED) is 0.521. The van der Waals surface area contributed by atoms with E-state index in [1.807, 2.05) is 28.8 Å². The average molecular weight is 448 g/mol. The lowest BCUT2D eigenvalue weighted by atomic mass is 10.1. The predicted molar refractivity (Wildman–Crippen MR) is 113 cm³/mol. The maximum Gasteiger partial charge on any atom is 0.191 e. The molecule has 0 bridgehead atoms. The summed E-state index contributed by atoms with van der Waals surface area (Å²) in [4.78, 5) is 0. The molecule has 2 unspecified atom stereocenters. The van der Waals surface area contributed by atoms with Gasteiger partial charge in [-0.3, -0.25) is 4.57 Å². The molecule has 1 fully saturated rings. The van der Waals surface area contributed by atoms with Crippen molar-refractivity contribution in [2.45, 2.75) is 36.8 Å². The summed E-state index contributed by atoms with van der Waals surface area (Å²) in [6.45, 7) is 1.31. The van der Waals surface area contributed by atoms with Gasteiger partial charge in [0.15, 0.2) is 11.0 Å². The van der Waals surface area contributed by atoms with E-state index in [1.54, 1.807) is 7.11 Å². The number of rotatable bonds is 8. The highest BCUT2D eigenvalue weighted by Gasteiger charge is 2.23. The number of ether oxygens (including phenoxy) is 2. The molecule has 4 rings (SSSR count). The minimum Gasteiger partial charge on any atom is -0.497 e. The van der Waals surface area contributed by atoms with E-state index in [1.165, 1.54) is 17.8 Å². The van der Waals surface area contributed by atoms with Crippen molar-refractivity contribution in [3.05, 3.63) is 59.7 Å². The fraction of sp³-hybridized carbons (Fsp3) is 0.364. The first-order chi connectivity index (χ1) is 15.0. The number of halogens is 2. The van der Waals surface area contributed by atoms with E-state index in [9.17, 15) is 13.9 Å². The fourth-order valence-electron chi connectivity index (χ4n) is 3.52. The lowest BCUT2D eigenvalue weighted by Gasteiger charge is -2.16. The topological polar surface area (TPSA) is 69.4 Å². The molecule has 2 heterocycles. The summed E-state index contributed by atoms with van der Waals surface area (Å²) in [6, 6.07) is 10.7. The van der Waals surface area contributed by atoms with Gasteiger partial charge in [0.2, 0.25) is 0 Å². The van der Waals surface area contributed by atoms with Crippen LogP contribution in [-0.2, 0) is 11.3 Å². The molecule has 0 radical (unpaired) electrons. The van der Waals surface area contributed by atoms with Crippen molar-refractivity contribution in [1.82, 2.24) is 14.8 Å². The number of hydrogen-bond acceptors (Lipinski definition) is 6. The van der Waals surface area contributed by atoms with Crippen LogP contribution in [-0.4, -0.2) is 45.4 Å². The lowest BCUT2D eigenvalue weighted by molar-refractivity contribution is 0.0953. The van der Waals surface area contributed by atoms with Gasteiger partial charge in [-0.25, -0.2) is 8.78 Å². The van der Waals surface area contributed by atoms with Crippen LogP contribution in [0.3, 0.4) is 0 Å². The molecule has 0 saturated carbocycles. The molecule has 1 aliphatic rings. The first kappa shape index (κ1) is 21.7. The molecule has 1 N–H and O–H groups in total. The van der Waals surface area contributed by atoms with Crippen LogP contribution in [0.1, 0.15) is 24.5 Å². The molecule has 6 nitrogen and oxygen atoms in total. The van der Waals surface area contributed by atoms with Crippen molar-refractivity contribution in [2.24, 2.45) is 0 Å². The zero-order valence-corrected chi connectivity index (χ0v) is 17.8. The number of aliphatic hydroxyl groups is 1. The van der Waals surface area contributed by atoms with Crippen LogP contribution in [0, 0.1) is 11.6 Å². The standard InChI is InChI=1S/C22H23F2N3O3S/c1-29-16-7-4-14(5-8-16)21-25-26-22(27(21)12-17-3-2-10-30-17)31-13-20(28)18-9-6-15(23)11-19(18)24/h4-9,11,17,20,28H,2-3,10,12-13H2,1H3. The molecule has 1 aliphatic heterocycles. The second-order valence-corrected chi connectivity index (χ2v) is 8.26. The highest BCUT2D eigenvalue weighted by molar-refractivity contribution is 7.99. The first-order valence-corrected chi connectivity index (χ1v) is 11.0. The van der Waals surface area contributed by atoms with Gasteiger partial charge in [0.1, 0.15) is 17.4 Å². The van der Waals surface area contributed by atoms with E-state index in [4.69, 9.17) is 9.47 Å². The molecule has 2 atom stereocenters. The van der Waals surface area contributed by atoms with Gasteiger partial charge in [-0.2, -0.15) is 0 Å². The third kappa shape index (κ3) is 5.06. The van der Waals surface area contributed by atoms with Gasteiger partial charge in [0, 0.05) is 29.6 Å². The summed E-state index contributed by atoms with van der Waals surface area (Å²) >= 11 is 1.27. The molecule has 164 valence electrons. The summed E-state index contributed by atoms with van der Waals surface area (Å²) in [5.41, 5.74) is 0.928. The van der Waals surface area contributed by atoms with Gasteiger partial charge in [-0.05, 0) is 43.2 Å². The smallest absolute Gasteiger partial charge is 0.191 e. The van der Waals surface area contributed by atoms with E-state index in [0.717, 1.165) is 42.9 Å². The van der Waals surface area contributed by atoms with Gasteiger partial charge in [0.05, 0.1) is 25.9 Å². The van der Waals surface area contributed by atoms with Crippen LogP contribution in [0.5, 0.6) is 5.75 Å². The molecule has 9 heteroatoms. The van der Waals surface area contributed by atoms with Crippen molar-refractivity contribution in [2.75, 3.05) is 19.5 Å². The zero-order valence-electron chi connectivity index (χ0n) is 17.0. The minimum absolute atomic E-state index is 0.0504. The van der Waals surface area contributed by atoms with Crippen molar-refractivity contribution in [1.29, 1.82) is 0 Å². The van der Waals surface area contributed by atoms with Gasteiger partial charge >= 0.3 is 0 Å². The van der Waals surface area contributed by atoms with Crippen LogP contribution in [0.2, 0.25) is 0 Å². The van der Waals surface area contributed by atoms with Crippen LogP contribution < -0.4 is 4.74 Å². The maximum absolute atomic E-state index is 14.0. The minimum atomic E-state index is -1.11. The fourth-order valence-corrected chi connectivity index (χ4v) is 4.42. The zero-order chi connectivity index (χ0) is 21.8. The van der Waals surface area contributed by atoms with Crippen LogP contribution >= 0.6 is 11.8 Å². The van der Waals surface area contributed by atoms with E-state index < -0.39 is 17.7 Å². The summed E-state index contributed by atoms with van der Waals surface area (Å²) in [7, 11) is 1.61. The van der Waals surface area contributed by atoms with Gasteiger partial charge in [0.25, 0.3) is 0 Å². The molecule has 31 heavy (non-hydrogen) atoms. The molecule has 3 aromatic rings. The van der Waals surface area contributed by atoms with Gasteiger partial charge in [-0.15, -0.1) is 10.2 Å². The summed E-state index contributed by atoms with van der Waals surface area (Å²) in [5, 5.41) is 19.7. The van der Waals surface area contributed by atoms with E-state index in [2.05, 4.69) is 10.2 Å². The Balaban J connectivity index is 1.56. The molecule has 2 aromatic carbocycles. The summed E-state index contributed by atoms with van der Waals surface area (Å²) < 4.78 is 40.1. The van der Waals surface area contributed by atoms with Gasteiger partial charge < -0.3 is 14.6 Å². The number of aromatic nitrogens is 3. The Morgan fingerprint density at radius 1 is 1.23 bits per heavy atom. The molecular formula is C22H23F2N3O3S. The molecule has 0 aliphatic carbocycles. The highest BCUT2D eigenvalue weighted by Crippen LogP contribution is 2.30. The number of thioether (sulfide) groups is 1. The molecule has 0 amide bonds.